The topological polar surface area (TPSA) is 17.8 Å². The molecule has 0 unspecified atom stereocenters. The van der Waals surface area contributed by atoms with Gasteiger partial charge in [-0.3, -0.25) is 4.57 Å². The third kappa shape index (κ3) is 1.76. The van der Waals surface area contributed by atoms with Gasteiger partial charge in [-0.1, -0.05) is 13.8 Å². The first kappa shape index (κ1) is 8.17. The van der Waals surface area contributed by atoms with Crippen molar-refractivity contribution < 1.29 is 8.78 Å². The smallest absolute Gasteiger partial charge is 0.280 e. The van der Waals surface area contributed by atoms with Gasteiger partial charge >= 0.3 is 6.55 Å². The van der Waals surface area contributed by atoms with Crippen LogP contribution in [0.2, 0.25) is 0 Å². The average molecular weight is 160 g/mol. The molecule has 0 bridgehead atoms. The van der Waals surface area contributed by atoms with Crippen molar-refractivity contribution in [3.8, 4) is 0 Å². The van der Waals surface area contributed by atoms with Crippen LogP contribution in [0.4, 0.5) is 8.78 Å². The van der Waals surface area contributed by atoms with Crippen molar-refractivity contribution in [3.05, 3.63) is 18.2 Å². The molecule has 11 heavy (non-hydrogen) atoms. The lowest BCUT2D eigenvalue weighted by Crippen LogP contribution is -1.93. The lowest BCUT2D eigenvalue weighted by atomic mass is 10.2. The summed E-state index contributed by atoms with van der Waals surface area (Å²) in [5.74, 6) is 0.204. The molecule has 0 aliphatic rings. The number of hydrogen-bond donors (Lipinski definition) is 0. The zero-order valence-electron chi connectivity index (χ0n) is 6.46. The molecule has 0 aliphatic carbocycles. The molecule has 1 aromatic rings. The van der Waals surface area contributed by atoms with Gasteiger partial charge in [0.25, 0.3) is 0 Å². The van der Waals surface area contributed by atoms with E-state index in [1.54, 1.807) is 0 Å². The molecule has 2 nitrogen and oxygen atoms in total. The van der Waals surface area contributed by atoms with E-state index in [4.69, 9.17) is 0 Å². The van der Waals surface area contributed by atoms with E-state index in [1.807, 2.05) is 13.8 Å². The van der Waals surface area contributed by atoms with Gasteiger partial charge in [0.1, 0.15) is 0 Å². The fraction of sp³-hybridized carbons (Fsp3) is 0.571. The molecule has 0 spiro atoms. The fourth-order valence-corrected chi connectivity index (χ4v) is 0.758. The summed E-state index contributed by atoms with van der Waals surface area (Å²) in [4.78, 5) is 3.82. The predicted molar refractivity (Wildman–Crippen MR) is 37.6 cm³/mol. The third-order valence-corrected chi connectivity index (χ3v) is 1.44. The van der Waals surface area contributed by atoms with Crippen LogP contribution in [0, 0.1) is 0 Å². The van der Waals surface area contributed by atoms with Crippen molar-refractivity contribution >= 4 is 0 Å². The molecule has 0 fully saturated rings. The van der Waals surface area contributed by atoms with Gasteiger partial charge in [-0.15, -0.1) is 0 Å². The Morgan fingerprint density at radius 1 is 1.45 bits per heavy atom. The Kier molecular flexibility index (Phi) is 2.22. The Morgan fingerprint density at radius 2 is 2.09 bits per heavy atom. The van der Waals surface area contributed by atoms with Gasteiger partial charge in [-0.2, -0.15) is 8.78 Å². The van der Waals surface area contributed by atoms with Crippen LogP contribution in [-0.2, 0) is 0 Å². The summed E-state index contributed by atoms with van der Waals surface area (Å²) in [5.41, 5.74) is 0.699. The summed E-state index contributed by atoms with van der Waals surface area (Å²) in [5, 5.41) is 0. The summed E-state index contributed by atoms with van der Waals surface area (Å²) in [6.07, 6.45) is 2.52. The molecule has 0 aliphatic heterocycles. The molecule has 62 valence electrons. The van der Waals surface area contributed by atoms with Gasteiger partial charge < -0.3 is 0 Å². The number of imidazole rings is 1. The van der Waals surface area contributed by atoms with Gasteiger partial charge in [-0.05, 0) is 5.92 Å². The van der Waals surface area contributed by atoms with Gasteiger partial charge in [0.2, 0.25) is 0 Å². The predicted octanol–water partition coefficient (Wildman–Crippen LogP) is 2.40. The molecule has 0 radical (unpaired) electrons. The SMILES string of the molecule is CC(C)c1cn(C(F)F)cn1. The van der Waals surface area contributed by atoms with E-state index < -0.39 is 6.55 Å². The molecular formula is C7H10F2N2. The van der Waals surface area contributed by atoms with Crippen molar-refractivity contribution in [1.29, 1.82) is 0 Å². The highest BCUT2D eigenvalue weighted by atomic mass is 19.3. The lowest BCUT2D eigenvalue weighted by Gasteiger charge is -1.98. The number of rotatable bonds is 2. The first-order chi connectivity index (χ1) is 5.11. The number of alkyl halides is 2. The number of hydrogen-bond acceptors (Lipinski definition) is 1. The maximum atomic E-state index is 12.0. The van der Waals surface area contributed by atoms with E-state index in [2.05, 4.69) is 4.98 Å². The van der Waals surface area contributed by atoms with Crippen molar-refractivity contribution in [2.24, 2.45) is 0 Å². The van der Waals surface area contributed by atoms with Crippen molar-refractivity contribution in [1.82, 2.24) is 9.55 Å². The maximum Gasteiger partial charge on any atom is 0.319 e. The standard InChI is InChI=1S/C7H10F2N2/c1-5(2)6-3-11(4-10-6)7(8)9/h3-5,7H,1-2H3. The number of halogens is 2. The molecule has 0 N–H and O–H groups in total. The largest absolute Gasteiger partial charge is 0.319 e. The second-order valence-electron chi connectivity index (χ2n) is 2.68. The van der Waals surface area contributed by atoms with Gasteiger partial charge in [0, 0.05) is 6.20 Å². The molecule has 0 amide bonds. The van der Waals surface area contributed by atoms with Crippen LogP contribution in [0.5, 0.6) is 0 Å². The summed E-state index contributed by atoms with van der Waals surface area (Å²) < 4.78 is 24.7. The van der Waals surface area contributed by atoms with Crippen LogP contribution in [0.25, 0.3) is 0 Å². The van der Waals surface area contributed by atoms with Crippen LogP contribution < -0.4 is 0 Å². The zero-order valence-corrected chi connectivity index (χ0v) is 6.46. The quantitative estimate of drug-likeness (QED) is 0.649. The molecule has 0 saturated heterocycles. The van der Waals surface area contributed by atoms with Gasteiger partial charge in [0.15, 0.2) is 0 Å². The van der Waals surface area contributed by atoms with Crippen LogP contribution in [0.15, 0.2) is 12.5 Å². The van der Waals surface area contributed by atoms with Crippen LogP contribution in [0.1, 0.15) is 32.0 Å². The second-order valence-corrected chi connectivity index (χ2v) is 2.68. The molecule has 4 heteroatoms. The van der Waals surface area contributed by atoms with Gasteiger partial charge in [0.05, 0.1) is 12.0 Å². The van der Waals surface area contributed by atoms with Crippen LogP contribution in [0.3, 0.4) is 0 Å². The Labute approximate surface area is 63.9 Å². The Hall–Kier alpha value is -0.930. The highest BCUT2D eigenvalue weighted by Crippen LogP contribution is 2.15. The number of nitrogens with zero attached hydrogens (tertiary/aromatic N) is 2. The molecule has 0 aromatic carbocycles. The van der Waals surface area contributed by atoms with Crippen molar-refractivity contribution in [2.75, 3.05) is 0 Å². The highest BCUT2D eigenvalue weighted by molar-refractivity contribution is 5.01. The first-order valence-electron chi connectivity index (χ1n) is 3.42. The first-order valence-corrected chi connectivity index (χ1v) is 3.42. The molecule has 1 aromatic heterocycles. The second kappa shape index (κ2) is 2.98. The van der Waals surface area contributed by atoms with Crippen molar-refractivity contribution in [3.63, 3.8) is 0 Å². The Bertz CT molecular complexity index is 208. The van der Waals surface area contributed by atoms with E-state index in [0.717, 1.165) is 10.9 Å². The minimum absolute atomic E-state index is 0.204. The molecule has 0 saturated carbocycles. The average Bonchev–Trinajstić information content (AvgIpc) is 2.33. The summed E-state index contributed by atoms with van der Waals surface area (Å²) in [7, 11) is 0. The van der Waals surface area contributed by atoms with Gasteiger partial charge in [-0.25, -0.2) is 4.98 Å². The summed E-state index contributed by atoms with van der Waals surface area (Å²) in [6, 6.07) is 0. The molecule has 0 atom stereocenters. The normalized spacial score (nSPS) is 11.5. The van der Waals surface area contributed by atoms with E-state index in [-0.39, 0.29) is 5.92 Å². The lowest BCUT2D eigenvalue weighted by molar-refractivity contribution is 0.0700. The minimum atomic E-state index is -2.48. The van der Waals surface area contributed by atoms with E-state index in [1.165, 1.54) is 6.20 Å². The van der Waals surface area contributed by atoms with E-state index >= 15 is 0 Å². The Balaban J connectivity index is 2.82. The molecule has 1 rings (SSSR count). The van der Waals surface area contributed by atoms with E-state index in [9.17, 15) is 8.78 Å². The molecule has 1 heterocycles. The minimum Gasteiger partial charge on any atom is -0.280 e. The maximum absolute atomic E-state index is 12.0. The van der Waals surface area contributed by atoms with Crippen LogP contribution in [-0.4, -0.2) is 9.55 Å². The molecular weight excluding hydrogens is 150 g/mol. The highest BCUT2D eigenvalue weighted by Gasteiger charge is 2.08. The zero-order chi connectivity index (χ0) is 8.43. The fourth-order valence-electron chi connectivity index (χ4n) is 0.758. The monoisotopic (exact) mass is 160 g/mol. The summed E-state index contributed by atoms with van der Waals surface area (Å²) in [6.45, 7) is 1.35. The summed E-state index contributed by atoms with van der Waals surface area (Å²) >= 11 is 0. The Morgan fingerprint density at radius 3 is 2.36 bits per heavy atom. The van der Waals surface area contributed by atoms with Crippen molar-refractivity contribution in [2.45, 2.75) is 26.3 Å². The van der Waals surface area contributed by atoms with Crippen LogP contribution >= 0.6 is 0 Å². The number of aromatic nitrogens is 2. The van der Waals surface area contributed by atoms with E-state index in [0.29, 0.717) is 5.69 Å². The third-order valence-electron chi connectivity index (χ3n) is 1.44.